The van der Waals surface area contributed by atoms with Gasteiger partial charge < -0.3 is 5.11 Å². The van der Waals surface area contributed by atoms with E-state index in [1.165, 1.54) is 0 Å². The van der Waals surface area contributed by atoms with Crippen molar-refractivity contribution in [3.63, 3.8) is 0 Å². The Morgan fingerprint density at radius 3 is 3.23 bits per heavy atom. The van der Waals surface area contributed by atoms with Crippen molar-refractivity contribution in [1.29, 1.82) is 0 Å². The van der Waals surface area contributed by atoms with Gasteiger partial charge in [0.2, 0.25) is 0 Å². The van der Waals surface area contributed by atoms with E-state index in [1.54, 1.807) is 23.8 Å². The fourth-order valence-electron chi connectivity index (χ4n) is 1.29. The van der Waals surface area contributed by atoms with Crippen LogP contribution in [0.4, 0.5) is 0 Å². The fraction of sp³-hybridized carbons (Fsp3) is 0.333. The van der Waals surface area contributed by atoms with Gasteiger partial charge in [0.05, 0.1) is 12.3 Å². The minimum atomic E-state index is -0.338. The topological polar surface area (TPSA) is 50.4 Å². The van der Waals surface area contributed by atoms with Gasteiger partial charge in [0, 0.05) is 24.9 Å². The number of aromatic nitrogens is 3. The van der Waals surface area contributed by atoms with Crippen molar-refractivity contribution in [2.24, 2.45) is 0 Å². The summed E-state index contributed by atoms with van der Waals surface area (Å²) in [6.45, 7) is 1.76. The van der Waals surface area contributed by atoms with Crippen molar-refractivity contribution in [2.45, 2.75) is 19.4 Å². The van der Waals surface area contributed by atoms with E-state index in [0.29, 0.717) is 6.42 Å². The molecule has 13 heavy (non-hydrogen) atoms. The normalized spacial score (nSPS) is 13.4. The van der Waals surface area contributed by atoms with Gasteiger partial charge in [-0.1, -0.05) is 0 Å². The van der Waals surface area contributed by atoms with Gasteiger partial charge in [0.15, 0.2) is 5.65 Å². The van der Waals surface area contributed by atoms with Gasteiger partial charge in [-0.25, -0.2) is 9.50 Å². The lowest BCUT2D eigenvalue weighted by Crippen LogP contribution is -2.05. The highest BCUT2D eigenvalue weighted by Crippen LogP contribution is 2.04. The van der Waals surface area contributed by atoms with Gasteiger partial charge in [0.25, 0.3) is 0 Å². The third-order valence-corrected chi connectivity index (χ3v) is 1.83. The standard InChI is InChI=1S/C9H11N3O/c1-7(13)4-8-5-10-9-2-3-11-12(9)6-8/h2-3,5-7,13H,4H2,1H3/t7-/m1/s1. The maximum Gasteiger partial charge on any atom is 0.154 e. The van der Waals surface area contributed by atoms with E-state index in [-0.39, 0.29) is 6.10 Å². The molecule has 1 N–H and O–H groups in total. The zero-order valence-corrected chi connectivity index (χ0v) is 7.38. The predicted octanol–water partition coefficient (Wildman–Crippen LogP) is 0.653. The Kier molecular flexibility index (Phi) is 1.98. The number of hydrogen-bond acceptors (Lipinski definition) is 3. The molecule has 0 bridgehead atoms. The second-order valence-electron chi connectivity index (χ2n) is 3.15. The van der Waals surface area contributed by atoms with Crippen LogP contribution in [0.25, 0.3) is 5.65 Å². The summed E-state index contributed by atoms with van der Waals surface area (Å²) in [5.74, 6) is 0. The van der Waals surface area contributed by atoms with E-state index >= 15 is 0 Å². The molecule has 0 aliphatic heterocycles. The largest absolute Gasteiger partial charge is 0.393 e. The third-order valence-electron chi connectivity index (χ3n) is 1.83. The first-order valence-electron chi connectivity index (χ1n) is 4.22. The summed E-state index contributed by atoms with van der Waals surface area (Å²) in [7, 11) is 0. The van der Waals surface area contributed by atoms with E-state index in [9.17, 15) is 5.11 Å². The molecular weight excluding hydrogens is 166 g/mol. The fourth-order valence-corrected chi connectivity index (χ4v) is 1.29. The summed E-state index contributed by atoms with van der Waals surface area (Å²) < 4.78 is 1.71. The zero-order valence-electron chi connectivity index (χ0n) is 7.38. The van der Waals surface area contributed by atoms with Crippen LogP contribution in [0.15, 0.2) is 24.7 Å². The lowest BCUT2D eigenvalue weighted by Gasteiger charge is -2.03. The highest BCUT2D eigenvalue weighted by molar-refractivity contribution is 5.35. The molecule has 0 aliphatic rings. The Bertz CT molecular complexity index is 408. The summed E-state index contributed by atoms with van der Waals surface area (Å²) in [6, 6.07) is 1.84. The van der Waals surface area contributed by atoms with Crippen LogP contribution in [0.3, 0.4) is 0 Å². The molecule has 2 heterocycles. The Morgan fingerprint density at radius 1 is 1.62 bits per heavy atom. The molecule has 0 radical (unpaired) electrons. The number of rotatable bonds is 2. The average molecular weight is 177 g/mol. The van der Waals surface area contributed by atoms with Gasteiger partial charge in [-0.05, 0) is 12.5 Å². The molecule has 0 amide bonds. The molecule has 0 saturated heterocycles. The van der Waals surface area contributed by atoms with Crippen molar-refractivity contribution in [1.82, 2.24) is 14.6 Å². The van der Waals surface area contributed by atoms with Gasteiger partial charge >= 0.3 is 0 Å². The Labute approximate surface area is 75.8 Å². The van der Waals surface area contributed by atoms with E-state index in [4.69, 9.17) is 0 Å². The van der Waals surface area contributed by atoms with Crippen molar-refractivity contribution in [3.05, 3.63) is 30.2 Å². The van der Waals surface area contributed by atoms with Gasteiger partial charge in [-0.15, -0.1) is 0 Å². The highest BCUT2D eigenvalue weighted by Gasteiger charge is 2.01. The molecule has 2 rings (SSSR count). The first-order chi connectivity index (χ1) is 6.25. The molecule has 68 valence electrons. The van der Waals surface area contributed by atoms with Crippen LogP contribution in [0.1, 0.15) is 12.5 Å². The van der Waals surface area contributed by atoms with E-state index in [0.717, 1.165) is 11.2 Å². The van der Waals surface area contributed by atoms with Crippen LogP contribution in [0, 0.1) is 0 Å². The molecule has 0 fully saturated rings. The minimum absolute atomic E-state index is 0.338. The summed E-state index contributed by atoms with van der Waals surface area (Å²) in [5, 5.41) is 13.2. The number of aliphatic hydroxyl groups excluding tert-OH is 1. The lowest BCUT2D eigenvalue weighted by molar-refractivity contribution is 0.195. The molecule has 0 unspecified atom stereocenters. The molecule has 0 spiro atoms. The van der Waals surface area contributed by atoms with Gasteiger partial charge in [-0.2, -0.15) is 5.10 Å². The smallest absolute Gasteiger partial charge is 0.154 e. The zero-order chi connectivity index (χ0) is 9.26. The predicted molar refractivity (Wildman–Crippen MR) is 48.4 cm³/mol. The maximum absolute atomic E-state index is 9.17. The molecule has 2 aromatic heterocycles. The van der Waals surface area contributed by atoms with Crippen molar-refractivity contribution in [3.8, 4) is 0 Å². The van der Waals surface area contributed by atoms with Gasteiger partial charge in [0.1, 0.15) is 0 Å². The second-order valence-corrected chi connectivity index (χ2v) is 3.15. The second kappa shape index (κ2) is 3.14. The number of hydrogen-bond donors (Lipinski definition) is 1. The molecular formula is C9H11N3O. The van der Waals surface area contributed by atoms with Crippen molar-refractivity contribution >= 4 is 5.65 Å². The molecule has 4 nitrogen and oxygen atoms in total. The van der Waals surface area contributed by atoms with Crippen molar-refractivity contribution < 1.29 is 5.11 Å². The number of nitrogens with zero attached hydrogens (tertiary/aromatic N) is 3. The minimum Gasteiger partial charge on any atom is -0.393 e. The molecule has 0 aromatic carbocycles. The highest BCUT2D eigenvalue weighted by atomic mass is 16.3. The lowest BCUT2D eigenvalue weighted by atomic mass is 10.2. The monoisotopic (exact) mass is 177 g/mol. The molecule has 0 saturated carbocycles. The van der Waals surface area contributed by atoms with Gasteiger partial charge in [-0.3, -0.25) is 0 Å². The number of fused-ring (bicyclic) bond motifs is 1. The first kappa shape index (κ1) is 8.19. The van der Waals surface area contributed by atoms with Crippen LogP contribution < -0.4 is 0 Å². The van der Waals surface area contributed by atoms with E-state index in [2.05, 4.69) is 10.1 Å². The Hall–Kier alpha value is -1.42. The molecule has 2 aromatic rings. The maximum atomic E-state index is 9.17. The third kappa shape index (κ3) is 1.67. The summed E-state index contributed by atoms with van der Waals surface area (Å²) >= 11 is 0. The average Bonchev–Trinajstić information content (AvgIpc) is 2.49. The molecule has 4 heteroatoms. The number of aliphatic hydroxyl groups is 1. The van der Waals surface area contributed by atoms with E-state index in [1.807, 2.05) is 12.3 Å². The summed E-state index contributed by atoms with van der Waals surface area (Å²) in [5.41, 5.74) is 1.82. The van der Waals surface area contributed by atoms with Crippen LogP contribution in [0.5, 0.6) is 0 Å². The Balaban J connectivity index is 2.37. The van der Waals surface area contributed by atoms with Crippen LogP contribution in [0.2, 0.25) is 0 Å². The first-order valence-corrected chi connectivity index (χ1v) is 4.22. The van der Waals surface area contributed by atoms with Crippen LogP contribution in [-0.2, 0) is 6.42 Å². The van der Waals surface area contributed by atoms with Crippen LogP contribution in [-0.4, -0.2) is 25.8 Å². The molecule has 1 atom stereocenters. The van der Waals surface area contributed by atoms with Crippen molar-refractivity contribution in [2.75, 3.05) is 0 Å². The van der Waals surface area contributed by atoms with Crippen LogP contribution >= 0.6 is 0 Å². The van der Waals surface area contributed by atoms with E-state index < -0.39 is 0 Å². The summed E-state index contributed by atoms with van der Waals surface area (Å²) in [4.78, 5) is 4.18. The summed E-state index contributed by atoms with van der Waals surface area (Å²) in [6.07, 6.45) is 5.63. The quantitative estimate of drug-likeness (QED) is 0.732. The molecule has 0 aliphatic carbocycles. The Morgan fingerprint density at radius 2 is 2.46 bits per heavy atom. The SMILES string of the molecule is C[C@@H](O)Cc1cnc2ccnn2c1.